The number of hydrogen-bond donors (Lipinski definition) is 4. The molecule has 0 aliphatic carbocycles. The lowest BCUT2D eigenvalue weighted by molar-refractivity contribution is -0.117. The second-order valence-electron chi connectivity index (χ2n) is 6.98. The number of rotatable bonds is 10. The van der Waals surface area contributed by atoms with Gasteiger partial charge in [0.25, 0.3) is 5.91 Å². The van der Waals surface area contributed by atoms with Gasteiger partial charge in [0.2, 0.25) is 21.8 Å². The van der Waals surface area contributed by atoms with Crippen LogP contribution in [0.25, 0.3) is 0 Å². The molecule has 0 unspecified atom stereocenters. The summed E-state index contributed by atoms with van der Waals surface area (Å²) in [6.07, 6.45) is 0. The van der Waals surface area contributed by atoms with Crippen molar-refractivity contribution < 1.29 is 27.5 Å². The van der Waals surface area contributed by atoms with E-state index < -0.39 is 22.0 Å². The summed E-state index contributed by atoms with van der Waals surface area (Å²) in [5, 5.41) is 7.85. The molecular weight excluding hydrogens is 472 g/mol. The molecule has 0 spiro atoms. The molecule has 10 nitrogen and oxygen atoms in total. The molecule has 3 amide bonds. The summed E-state index contributed by atoms with van der Waals surface area (Å²) in [7, 11) is -2.48. The number of amides is 3. The number of benzene rings is 2. The van der Waals surface area contributed by atoms with Crippen LogP contribution in [0.4, 0.5) is 11.4 Å². The minimum absolute atomic E-state index is 0.0665. The van der Waals surface area contributed by atoms with E-state index in [1.165, 1.54) is 63.4 Å². The summed E-state index contributed by atoms with van der Waals surface area (Å²) >= 11 is 6.15. The van der Waals surface area contributed by atoms with Gasteiger partial charge < -0.3 is 20.7 Å². The Morgan fingerprint density at radius 2 is 1.67 bits per heavy atom. The van der Waals surface area contributed by atoms with Gasteiger partial charge in [0.15, 0.2) is 0 Å². The zero-order valence-electron chi connectivity index (χ0n) is 18.3. The molecule has 2 aromatic carbocycles. The molecule has 0 heterocycles. The normalized spacial score (nSPS) is 12.0. The average Bonchev–Trinajstić information content (AvgIpc) is 2.73. The van der Waals surface area contributed by atoms with E-state index in [1.807, 2.05) is 0 Å². The molecule has 2 rings (SSSR count). The number of halogens is 1. The van der Waals surface area contributed by atoms with Crippen molar-refractivity contribution in [3.63, 3.8) is 0 Å². The van der Waals surface area contributed by atoms with Crippen molar-refractivity contribution in [3.05, 3.63) is 53.1 Å². The molecule has 0 fully saturated rings. The maximum absolute atomic E-state index is 12.6. The first kappa shape index (κ1) is 26.3. The largest absolute Gasteiger partial charge is 0.383 e. The maximum Gasteiger partial charge on any atom is 0.252 e. The van der Waals surface area contributed by atoms with Crippen molar-refractivity contribution in [1.29, 1.82) is 0 Å². The Balaban J connectivity index is 2.01. The van der Waals surface area contributed by atoms with E-state index in [4.69, 9.17) is 16.3 Å². The van der Waals surface area contributed by atoms with Gasteiger partial charge in [0, 0.05) is 32.0 Å². The number of hydrogen-bond acceptors (Lipinski definition) is 6. The fraction of sp³-hybridized carbons (Fsp3) is 0.286. The van der Waals surface area contributed by atoms with Gasteiger partial charge in [-0.3, -0.25) is 14.4 Å². The molecule has 12 heteroatoms. The molecule has 4 N–H and O–H groups in total. The molecule has 1 atom stereocenters. The molecule has 2 aromatic rings. The van der Waals surface area contributed by atoms with E-state index in [-0.39, 0.29) is 27.3 Å². The van der Waals surface area contributed by atoms with E-state index in [0.717, 1.165) is 0 Å². The topological polar surface area (TPSA) is 143 Å². The van der Waals surface area contributed by atoms with Crippen LogP contribution in [0.3, 0.4) is 0 Å². The summed E-state index contributed by atoms with van der Waals surface area (Å²) in [4.78, 5) is 35.6. The van der Waals surface area contributed by atoms with Gasteiger partial charge in [-0.05, 0) is 49.4 Å². The van der Waals surface area contributed by atoms with Gasteiger partial charge in [-0.25, -0.2) is 8.42 Å². The van der Waals surface area contributed by atoms with Crippen LogP contribution >= 0.6 is 11.6 Å². The number of methoxy groups -OCH3 is 1. The summed E-state index contributed by atoms with van der Waals surface area (Å²) in [5.74, 6) is -1.30. The molecule has 0 aliphatic rings. The van der Waals surface area contributed by atoms with Crippen LogP contribution in [0.15, 0.2) is 47.4 Å². The van der Waals surface area contributed by atoms with Crippen molar-refractivity contribution in [2.24, 2.45) is 0 Å². The van der Waals surface area contributed by atoms with Gasteiger partial charge in [0.1, 0.15) is 0 Å². The Kier molecular flexibility index (Phi) is 9.35. The third-order valence-electron chi connectivity index (χ3n) is 4.28. The second kappa shape index (κ2) is 11.8. The molecule has 0 saturated carbocycles. The van der Waals surface area contributed by atoms with Gasteiger partial charge in [-0.1, -0.05) is 11.6 Å². The molecule has 178 valence electrons. The van der Waals surface area contributed by atoms with Crippen molar-refractivity contribution in [2.45, 2.75) is 24.8 Å². The molecule has 33 heavy (non-hydrogen) atoms. The third kappa shape index (κ3) is 7.82. The Bertz CT molecular complexity index is 1120. The number of nitrogens with one attached hydrogen (secondary N) is 4. The van der Waals surface area contributed by atoms with Crippen LogP contribution in [0.2, 0.25) is 5.02 Å². The predicted molar refractivity (Wildman–Crippen MR) is 125 cm³/mol. The van der Waals surface area contributed by atoms with Crippen molar-refractivity contribution >= 4 is 50.7 Å². The SMILES string of the molecule is COCCNC(=O)c1ccc(NC(=O)[C@H](C)NS(=O)(=O)c2ccc(NC(C)=O)cc2)cc1Cl. The van der Waals surface area contributed by atoms with Crippen LogP contribution in [0, 0.1) is 0 Å². The minimum Gasteiger partial charge on any atom is -0.383 e. The van der Waals surface area contributed by atoms with Crippen molar-refractivity contribution in [2.75, 3.05) is 30.9 Å². The lowest BCUT2D eigenvalue weighted by atomic mass is 10.2. The molecule has 0 aromatic heterocycles. The standard InChI is InChI=1S/C21H25ClN4O6S/c1-13(26-33(30,31)17-7-4-15(5-8-17)24-14(2)27)20(28)25-16-6-9-18(19(22)12-16)21(29)23-10-11-32-3/h4-9,12-13,26H,10-11H2,1-3H3,(H,23,29)(H,24,27)(H,25,28)/t13-/m0/s1. The van der Waals surface area contributed by atoms with Crippen molar-refractivity contribution in [3.8, 4) is 0 Å². The summed E-state index contributed by atoms with van der Waals surface area (Å²) in [5.41, 5.74) is 0.964. The van der Waals surface area contributed by atoms with Gasteiger partial charge >= 0.3 is 0 Å². The van der Waals surface area contributed by atoms with E-state index >= 15 is 0 Å². The molecule has 0 bridgehead atoms. The van der Waals surface area contributed by atoms with Crippen LogP contribution < -0.4 is 20.7 Å². The number of carbonyl (C=O) groups excluding carboxylic acids is 3. The fourth-order valence-electron chi connectivity index (χ4n) is 2.66. The van der Waals surface area contributed by atoms with Crippen LogP contribution in [-0.4, -0.2) is 52.4 Å². The quantitative estimate of drug-likeness (QED) is 0.370. The first-order chi connectivity index (χ1) is 15.5. The Morgan fingerprint density at radius 1 is 1.03 bits per heavy atom. The van der Waals surface area contributed by atoms with Gasteiger partial charge in [0.05, 0.1) is 28.1 Å². The Morgan fingerprint density at radius 3 is 2.24 bits per heavy atom. The maximum atomic E-state index is 12.6. The Hall–Kier alpha value is -2.99. The monoisotopic (exact) mass is 496 g/mol. The molecule has 0 saturated heterocycles. The minimum atomic E-state index is -3.99. The third-order valence-corrected chi connectivity index (χ3v) is 6.15. The number of carbonyl (C=O) groups is 3. The van der Waals surface area contributed by atoms with E-state index in [9.17, 15) is 22.8 Å². The van der Waals surface area contributed by atoms with E-state index in [2.05, 4.69) is 20.7 Å². The van der Waals surface area contributed by atoms with Crippen LogP contribution in [0.5, 0.6) is 0 Å². The fourth-order valence-corrected chi connectivity index (χ4v) is 4.13. The number of ether oxygens (including phenoxy) is 1. The van der Waals surface area contributed by atoms with Crippen molar-refractivity contribution in [1.82, 2.24) is 10.0 Å². The lowest BCUT2D eigenvalue weighted by Gasteiger charge is -2.15. The van der Waals surface area contributed by atoms with Crippen LogP contribution in [0.1, 0.15) is 24.2 Å². The highest BCUT2D eigenvalue weighted by Crippen LogP contribution is 2.21. The second-order valence-corrected chi connectivity index (χ2v) is 9.10. The highest BCUT2D eigenvalue weighted by Gasteiger charge is 2.22. The van der Waals surface area contributed by atoms with E-state index in [1.54, 1.807) is 0 Å². The lowest BCUT2D eigenvalue weighted by Crippen LogP contribution is -2.41. The first-order valence-electron chi connectivity index (χ1n) is 9.81. The van der Waals surface area contributed by atoms with Crippen LogP contribution in [-0.2, 0) is 24.3 Å². The summed E-state index contributed by atoms with van der Waals surface area (Å²) in [6, 6.07) is 8.73. The van der Waals surface area contributed by atoms with E-state index in [0.29, 0.717) is 24.5 Å². The number of anilines is 2. The Labute approximate surface area is 197 Å². The molecule has 0 aliphatic heterocycles. The molecule has 0 radical (unpaired) electrons. The summed E-state index contributed by atoms with van der Waals surface area (Å²) in [6.45, 7) is 3.39. The van der Waals surface area contributed by atoms with Gasteiger partial charge in [-0.2, -0.15) is 4.72 Å². The highest BCUT2D eigenvalue weighted by atomic mass is 35.5. The zero-order chi connectivity index (χ0) is 24.6. The zero-order valence-corrected chi connectivity index (χ0v) is 19.8. The summed E-state index contributed by atoms with van der Waals surface area (Å²) < 4.78 is 32.3. The first-order valence-corrected chi connectivity index (χ1v) is 11.7. The number of sulfonamides is 1. The smallest absolute Gasteiger partial charge is 0.252 e. The predicted octanol–water partition coefficient (Wildman–Crippen LogP) is 1.98. The van der Waals surface area contributed by atoms with Gasteiger partial charge in [-0.15, -0.1) is 0 Å². The average molecular weight is 497 g/mol. The molecular formula is C21H25ClN4O6S. The highest BCUT2D eigenvalue weighted by molar-refractivity contribution is 7.89.